The van der Waals surface area contributed by atoms with Crippen molar-refractivity contribution < 1.29 is 42.5 Å². The molecule has 0 bridgehead atoms. The smallest absolute Gasteiger partial charge is 0.416 e. The van der Waals surface area contributed by atoms with Crippen molar-refractivity contribution in [1.29, 1.82) is 0 Å². The van der Waals surface area contributed by atoms with E-state index in [1.54, 1.807) is 54.3 Å². The number of urea groups is 1. The lowest BCUT2D eigenvalue weighted by atomic mass is 10.0. The Morgan fingerprint density at radius 2 is 1.67 bits per heavy atom. The van der Waals surface area contributed by atoms with Crippen LogP contribution in [0, 0.1) is 5.92 Å². The van der Waals surface area contributed by atoms with Gasteiger partial charge in [-0.2, -0.15) is 13.2 Å². The number of rotatable bonds is 9. The number of nitrogens with zero attached hydrogens (tertiary/aromatic N) is 2. The number of hydrogen-bond donors (Lipinski definition) is 4. The molecule has 3 amide bonds. The summed E-state index contributed by atoms with van der Waals surface area (Å²) in [5.41, 5.74) is 1.30. The van der Waals surface area contributed by atoms with Gasteiger partial charge in [0, 0.05) is 42.5 Å². The molecule has 4 rings (SSSR count). The van der Waals surface area contributed by atoms with E-state index < -0.39 is 29.8 Å². The summed E-state index contributed by atoms with van der Waals surface area (Å²) in [6, 6.07) is 14.4. The fraction of sp³-hybridized carbons (Fsp3) is 0.364. The predicted molar refractivity (Wildman–Crippen MR) is 166 cm³/mol. The Hall–Kier alpha value is -4.62. The highest BCUT2D eigenvalue weighted by atomic mass is 19.4. The van der Waals surface area contributed by atoms with Gasteiger partial charge < -0.3 is 30.5 Å². The predicted octanol–water partition coefficient (Wildman–Crippen LogP) is 5.33. The van der Waals surface area contributed by atoms with Crippen LogP contribution < -0.4 is 15.4 Å². The quantitative estimate of drug-likeness (QED) is 0.248. The maximum Gasteiger partial charge on any atom is 0.416 e. The largest absolute Gasteiger partial charge is 0.488 e. The number of benzene rings is 3. The van der Waals surface area contributed by atoms with Crippen LogP contribution >= 0.6 is 0 Å². The average Bonchev–Trinajstić information content (AvgIpc) is 3.04. The molecule has 0 saturated carbocycles. The maximum atomic E-state index is 13.5. The van der Waals surface area contributed by atoms with Crippen molar-refractivity contribution in [3.8, 4) is 5.75 Å². The third kappa shape index (κ3) is 8.98. The first-order valence-corrected chi connectivity index (χ1v) is 14.7. The number of nitrogens with one attached hydrogen (secondary N) is 2. The van der Waals surface area contributed by atoms with E-state index in [0.29, 0.717) is 36.6 Å². The second kappa shape index (κ2) is 14.6. The maximum absolute atomic E-state index is 13.5. The van der Waals surface area contributed by atoms with Crippen LogP contribution in [0.3, 0.4) is 0 Å². The van der Waals surface area contributed by atoms with E-state index in [-0.39, 0.29) is 42.2 Å². The molecular formula is C33H37F3N4O6. The highest BCUT2D eigenvalue weighted by Crippen LogP contribution is 2.31. The Morgan fingerprint density at radius 3 is 2.28 bits per heavy atom. The van der Waals surface area contributed by atoms with Gasteiger partial charge in [-0.15, -0.1) is 0 Å². The highest BCUT2D eigenvalue weighted by molar-refractivity contribution is 6.00. The second-order valence-corrected chi connectivity index (χ2v) is 11.6. The van der Waals surface area contributed by atoms with Crippen molar-refractivity contribution in [2.24, 2.45) is 5.92 Å². The monoisotopic (exact) mass is 642 g/mol. The molecular weight excluding hydrogens is 605 g/mol. The minimum Gasteiger partial charge on any atom is -0.488 e. The second-order valence-electron chi connectivity index (χ2n) is 11.6. The van der Waals surface area contributed by atoms with Crippen LogP contribution in [-0.4, -0.2) is 76.8 Å². The number of ether oxygens (including phenoxy) is 1. The summed E-state index contributed by atoms with van der Waals surface area (Å²) in [4.78, 5) is 41.0. The van der Waals surface area contributed by atoms with E-state index in [9.17, 15) is 37.8 Å². The molecule has 0 aliphatic carbocycles. The topological polar surface area (TPSA) is 131 Å². The Bertz CT molecular complexity index is 1530. The summed E-state index contributed by atoms with van der Waals surface area (Å²) in [5.74, 6) is -0.914. The van der Waals surface area contributed by atoms with E-state index in [0.717, 1.165) is 29.8 Å². The number of carbonyl (C=O) groups is 3. The summed E-state index contributed by atoms with van der Waals surface area (Å²) in [5, 5.41) is 24.2. The molecule has 0 aromatic heterocycles. The van der Waals surface area contributed by atoms with Crippen molar-refractivity contribution in [3.05, 3.63) is 89.0 Å². The van der Waals surface area contributed by atoms with E-state index in [2.05, 4.69) is 10.6 Å². The molecule has 0 saturated heterocycles. The lowest BCUT2D eigenvalue weighted by Gasteiger charge is -2.34. The molecule has 246 valence electrons. The Balaban J connectivity index is 1.52. The highest BCUT2D eigenvalue weighted by Gasteiger charge is 2.32. The van der Waals surface area contributed by atoms with Crippen LogP contribution in [-0.2, 0) is 23.9 Å². The summed E-state index contributed by atoms with van der Waals surface area (Å²) in [6.45, 7) is 4.82. The number of carbonyl (C=O) groups excluding carboxylic acids is 2. The number of likely N-dealkylation sites (N-methyl/N-ethyl adjacent to an activating group) is 1. The van der Waals surface area contributed by atoms with Crippen molar-refractivity contribution in [1.82, 2.24) is 9.80 Å². The molecule has 10 nitrogen and oxygen atoms in total. The van der Waals surface area contributed by atoms with Gasteiger partial charge in [0.05, 0.1) is 30.2 Å². The Kier molecular flexibility index (Phi) is 10.9. The van der Waals surface area contributed by atoms with Gasteiger partial charge in [0.2, 0.25) is 5.91 Å². The Labute approximate surface area is 264 Å². The van der Waals surface area contributed by atoms with Crippen LogP contribution in [0.25, 0.3) is 0 Å². The number of hydrogen-bond acceptors (Lipinski definition) is 6. The summed E-state index contributed by atoms with van der Waals surface area (Å²) >= 11 is 0. The number of alkyl halides is 3. The van der Waals surface area contributed by atoms with Gasteiger partial charge in [0.25, 0.3) is 0 Å². The number of halogens is 3. The zero-order chi connectivity index (χ0) is 33.6. The van der Waals surface area contributed by atoms with E-state index >= 15 is 0 Å². The van der Waals surface area contributed by atoms with Crippen LogP contribution in [0.4, 0.5) is 29.3 Å². The molecule has 3 aromatic rings. The molecule has 0 radical (unpaired) electrons. The molecule has 46 heavy (non-hydrogen) atoms. The van der Waals surface area contributed by atoms with Crippen LogP contribution in [0.5, 0.6) is 5.75 Å². The molecule has 3 atom stereocenters. The summed E-state index contributed by atoms with van der Waals surface area (Å²) in [7, 11) is 1.91. The minimum absolute atomic E-state index is 0.0546. The fourth-order valence-corrected chi connectivity index (χ4v) is 5.20. The zero-order valence-corrected chi connectivity index (χ0v) is 25.7. The van der Waals surface area contributed by atoms with Gasteiger partial charge in [0.1, 0.15) is 11.9 Å². The minimum atomic E-state index is -4.49. The first-order valence-electron chi connectivity index (χ1n) is 14.7. The molecule has 1 heterocycles. The number of anilines is 2. The van der Waals surface area contributed by atoms with E-state index in [4.69, 9.17) is 4.74 Å². The number of carboxylic acids is 1. The molecule has 0 spiro atoms. The van der Waals surface area contributed by atoms with Crippen LogP contribution in [0.2, 0.25) is 0 Å². The average molecular weight is 643 g/mol. The van der Waals surface area contributed by atoms with Crippen LogP contribution in [0.15, 0.2) is 66.7 Å². The first kappa shape index (κ1) is 34.3. The molecule has 3 aromatic carbocycles. The Morgan fingerprint density at radius 1 is 1.04 bits per heavy atom. The fourth-order valence-electron chi connectivity index (χ4n) is 5.20. The van der Waals surface area contributed by atoms with Gasteiger partial charge >= 0.3 is 18.2 Å². The van der Waals surface area contributed by atoms with Gasteiger partial charge in [-0.1, -0.05) is 19.1 Å². The molecule has 4 N–H and O–H groups in total. The number of aliphatic hydroxyl groups excluding tert-OH is 1. The first-order chi connectivity index (χ1) is 21.7. The van der Waals surface area contributed by atoms with E-state index in [1.807, 2.05) is 18.9 Å². The number of fused-ring (bicyclic) bond motifs is 1. The molecule has 0 unspecified atom stereocenters. The number of amides is 3. The van der Waals surface area contributed by atoms with Crippen LogP contribution in [0.1, 0.15) is 40.9 Å². The van der Waals surface area contributed by atoms with Crippen molar-refractivity contribution in [2.45, 2.75) is 45.1 Å². The van der Waals surface area contributed by atoms with Gasteiger partial charge in [-0.3, -0.25) is 9.69 Å². The van der Waals surface area contributed by atoms with Gasteiger partial charge in [-0.05, 0) is 74.1 Å². The summed E-state index contributed by atoms with van der Waals surface area (Å²) < 4.78 is 45.1. The van der Waals surface area contributed by atoms with Gasteiger partial charge in [0.15, 0.2) is 0 Å². The molecule has 13 heteroatoms. The summed E-state index contributed by atoms with van der Waals surface area (Å²) in [6.07, 6.45) is -4.93. The molecule has 0 fully saturated rings. The number of aliphatic hydroxyl groups is 1. The third-order valence-electron chi connectivity index (χ3n) is 7.79. The van der Waals surface area contributed by atoms with Gasteiger partial charge in [-0.25, -0.2) is 9.59 Å². The molecule has 1 aliphatic heterocycles. The SMILES string of the molecule is C[C@H](CO)N1C[C@H](C)[C@@H](CN(C)Cc2ccc(C(=O)O)cc2)Oc2ccc(NC(=O)Nc3ccc(C(F)(F)F)cc3)cc2CC1=O. The standard InChI is InChI=1S/C33H37F3N4O6/c1-20-16-40(21(2)19-41)30(42)15-24-14-27(38-32(45)37-26-10-8-25(9-11-26)33(34,35)36)12-13-28(24)46-29(20)18-39(3)17-22-4-6-23(7-5-22)31(43)44/h4-14,20-21,29,41H,15-19H2,1-3H3,(H,43,44)(H2,37,38,45)/t20-,21+,29+/m0/s1. The zero-order valence-electron chi connectivity index (χ0n) is 25.7. The van der Waals surface area contributed by atoms with Crippen molar-refractivity contribution in [2.75, 3.05) is 37.4 Å². The van der Waals surface area contributed by atoms with E-state index in [1.165, 1.54) is 0 Å². The number of carboxylic acid groups (broad SMARTS) is 1. The van der Waals surface area contributed by atoms with Crippen molar-refractivity contribution >= 4 is 29.3 Å². The third-order valence-corrected chi connectivity index (χ3v) is 7.79. The normalized spacial score (nSPS) is 17.7. The lowest BCUT2D eigenvalue weighted by molar-refractivity contribution is -0.137. The van der Waals surface area contributed by atoms with Crippen molar-refractivity contribution in [3.63, 3.8) is 0 Å². The number of aromatic carboxylic acids is 1. The lowest BCUT2D eigenvalue weighted by Crippen LogP contribution is -2.47. The molecule has 1 aliphatic rings.